The molecule has 1 unspecified atom stereocenters. The van der Waals surface area contributed by atoms with E-state index in [-0.39, 0.29) is 12.2 Å². The van der Waals surface area contributed by atoms with E-state index in [1.165, 1.54) is 6.07 Å². The van der Waals surface area contributed by atoms with Crippen molar-refractivity contribution in [2.24, 2.45) is 7.05 Å². The molecule has 0 aliphatic carbocycles. The maximum Gasteiger partial charge on any atom is 0.126 e. The maximum absolute atomic E-state index is 13.7. The Bertz CT molecular complexity index is 665. The number of rotatable bonds is 4. The van der Waals surface area contributed by atoms with Crippen molar-refractivity contribution in [3.8, 4) is 0 Å². The lowest BCUT2D eigenvalue weighted by Gasteiger charge is -2.24. The first-order chi connectivity index (χ1) is 9.76. The summed E-state index contributed by atoms with van der Waals surface area (Å²) in [7, 11) is 1.80. The first-order valence-corrected chi connectivity index (χ1v) is 7.33. The fourth-order valence-corrected chi connectivity index (χ4v) is 2.73. The van der Waals surface area contributed by atoms with Crippen LogP contribution in [0.1, 0.15) is 36.4 Å². The largest absolute Gasteiger partial charge is 0.385 e. The zero-order valence-corrected chi connectivity index (χ0v) is 13.5. The van der Waals surface area contributed by atoms with Gasteiger partial charge in [-0.05, 0) is 37.5 Å². The van der Waals surface area contributed by atoms with Gasteiger partial charge in [0, 0.05) is 13.5 Å². The normalized spacial score (nSPS) is 14.2. The molecule has 1 aromatic carbocycles. The fourth-order valence-electron chi connectivity index (χ4n) is 2.37. The van der Waals surface area contributed by atoms with Crippen LogP contribution in [-0.2, 0) is 25.5 Å². The van der Waals surface area contributed by atoms with E-state index in [2.05, 4.69) is 5.10 Å². The van der Waals surface area contributed by atoms with Crippen LogP contribution in [0.15, 0.2) is 18.2 Å². The molecule has 0 spiro atoms. The molecule has 0 amide bonds. The van der Waals surface area contributed by atoms with E-state index in [4.69, 9.17) is 11.6 Å². The van der Waals surface area contributed by atoms with E-state index < -0.39 is 5.60 Å². The van der Waals surface area contributed by atoms with Gasteiger partial charge in [-0.3, -0.25) is 4.68 Å². The van der Waals surface area contributed by atoms with Gasteiger partial charge < -0.3 is 5.11 Å². The zero-order chi connectivity index (χ0) is 15.8. The summed E-state index contributed by atoms with van der Waals surface area (Å²) in [5.41, 5.74) is 1.43. The lowest BCUT2D eigenvalue weighted by molar-refractivity contribution is 0.0553. The Balaban J connectivity index is 2.37. The molecule has 2 aromatic rings. The highest BCUT2D eigenvalue weighted by atomic mass is 35.5. The Morgan fingerprint density at radius 3 is 2.62 bits per heavy atom. The minimum absolute atomic E-state index is 0.276. The summed E-state index contributed by atoms with van der Waals surface area (Å²) in [6.45, 7) is 5.33. The van der Waals surface area contributed by atoms with Crippen LogP contribution in [0.5, 0.6) is 0 Å². The van der Waals surface area contributed by atoms with Crippen LogP contribution in [0.25, 0.3) is 0 Å². The van der Waals surface area contributed by atoms with Crippen molar-refractivity contribution in [3.63, 3.8) is 0 Å². The number of hydrogen-bond acceptors (Lipinski definition) is 2. The van der Waals surface area contributed by atoms with Gasteiger partial charge in [0.2, 0.25) is 0 Å². The number of benzene rings is 1. The highest BCUT2D eigenvalue weighted by Crippen LogP contribution is 2.31. The smallest absolute Gasteiger partial charge is 0.126 e. The van der Waals surface area contributed by atoms with Crippen molar-refractivity contribution in [2.75, 3.05) is 0 Å². The lowest BCUT2D eigenvalue weighted by Crippen LogP contribution is -2.26. The van der Waals surface area contributed by atoms with Gasteiger partial charge in [-0.15, -0.1) is 0 Å². The van der Waals surface area contributed by atoms with Crippen LogP contribution in [0.2, 0.25) is 5.02 Å². The average Bonchev–Trinajstić information content (AvgIpc) is 2.69. The van der Waals surface area contributed by atoms with Crippen LogP contribution in [0, 0.1) is 12.7 Å². The molecular weight excluding hydrogens is 291 g/mol. The first-order valence-electron chi connectivity index (χ1n) is 6.95. The van der Waals surface area contributed by atoms with Crippen LogP contribution in [-0.4, -0.2) is 14.9 Å². The van der Waals surface area contributed by atoms with Gasteiger partial charge in [-0.25, -0.2) is 4.39 Å². The summed E-state index contributed by atoms with van der Waals surface area (Å²) in [5.74, 6) is -0.321. The zero-order valence-electron chi connectivity index (χ0n) is 12.7. The molecule has 1 aromatic heterocycles. The summed E-state index contributed by atoms with van der Waals surface area (Å²) < 4.78 is 15.4. The SMILES string of the molecule is CCc1nn(C)c(CC(C)(O)c2ccc(C)c(F)c2)c1Cl. The van der Waals surface area contributed by atoms with Crippen LogP contribution < -0.4 is 0 Å². The van der Waals surface area contributed by atoms with Crippen molar-refractivity contribution in [1.82, 2.24) is 9.78 Å². The predicted octanol–water partition coefficient (Wildman–Crippen LogP) is 3.53. The van der Waals surface area contributed by atoms with E-state index in [0.717, 1.165) is 17.8 Å². The quantitative estimate of drug-likeness (QED) is 0.938. The molecule has 1 atom stereocenters. The van der Waals surface area contributed by atoms with Gasteiger partial charge in [0.1, 0.15) is 5.82 Å². The predicted molar refractivity (Wildman–Crippen MR) is 82.0 cm³/mol. The van der Waals surface area contributed by atoms with Crippen LogP contribution in [0.3, 0.4) is 0 Å². The van der Waals surface area contributed by atoms with Gasteiger partial charge in [0.15, 0.2) is 0 Å². The molecular formula is C16H20ClFN2O. The molecule has 0 aliphatic rings. The Kier molecular flexibility index (Phi) is 4.40. The Labute approximate surface area is 129 Å². The van der Waals surface area contributed by atoms with E-state index in [9.17, 15) is 9.50 Å². The van der Waals surface area contributed by atoms with E-state index in [1.54, 1.807) is 37.7 Å². The number of hydrogen-bond donors (Lipinski definition) is 1. The van der Waals surface area contributed by atoms with E-state index in [0.29, 0.717) is 16.1 Å². The second kappa shape index (κ2) is 5.78. The van der Waals surface area contributed by atoms with Gasteiger partial charge in [0.25, 0.3) is 0 Å². The summed E-state index contributed by atoms with van der Waals surface area (Å²) in [5, 5.41) is 15.6. The van der Waals surface area contributed by atoms with Crippen molar-refractivity contribution in [1.29, 1.82) is 0 Å². The number of aromatic nitrogens is 2. The summed E-state index contributed by atoms with van der Waals surface area (Å²) >= 11 is 6.31. The average molecular weight is 311 g/mol. The van der Waals surface area contributed by atoms with Crippen molar-refractivity contribution >= 4 is 11.6 Å². The molecule has 3 nitrogen and oxygen atoms in total. The van der Waals surface area contributed by atoms with Crippen molar-refractivity contribution < 1.29 is 9.50 Å². The molecule has 0 bridgehead atoms. The Hall–Kier alpha value is -1.39. The Morgan fingerprint density at radius 2 is 2.10 bits per heavy atom. The van der Waals surface area contributed by atoms with Gasteiger partial charge in [-0.2, -0.15) is 5.10 Å². The maximum atomic E-state index is 13.7. The molecule has 0 fully saturated rings. The highest BCUT2D eigenvalue weighted by molar-refractivity contribution is 6.31. The molecule has 114 valence electrons. The summed E-state index contributed by atoms with van der Waals surface area (Å²) in [4.78, 5) is 0. The molecule has 0 aliphatic heterocycles. The molecule has 2 rings (SSSR count). The molecule has 0 saturated heterocycles. The van der Waals surface area contributed by atoms with Crippen molar-refractivity contribution in [3.05, 3.63) is 51.6 Å². The third-order valence-corrected chi connectivity index (χ3v) is 4.24. The molecule has 21 heavy (non-hydrogen) atoms. The minimum atomic E-state index is -1.21. The third-order valence-electron chi connectivity index (χ3n) is 3.81. The molecule has 1 N–H and O–H groups in total. The second-order valence-electron chi connectivity index (χ2n) is 5.60. The van der Waals surface area contributed by atoms with Crippen molar-refractivity contribution in [2.45, 2.75) is 39.2 Å². The standard InChI is InChI=1S/C16H20ClFN2O/c1-5-13-15(17)14(20(4)19-13)9-16(3,21)11-7-6-10(2)12(18)8-11/h6-8,21H,5,9H2,1-4H3. The van der Waals surface area contributed by atoms with E-state index >= 15 is 0 Å². The monoisotopic (exact) mass is 310 g/mol. The topological polar surface area (TPSA) is 38.0 Å². The first kappa shape index (κ1) is 16.0. The minimum Gasteiger partial charge on any atom is -0.385 e. The molecule has 0 radical (unpaired) electrons. The van der Waals surface area contributed by atoms with E-state index in [1.807, 2.05) is 6.92 Å². The third kappa shape index (κ3) is 3.11. The number of halogens is 2. The molecule has 1 heterocycles. The van der Waals surface area contributed by atoms with Gasteiger partial charge >= 0.3 is 0 Å². The number of nitrogens with zero attached hydrogens (tertiary/aromatic N) is 2. The Morgan fingerprint density at radius 1 is 1.43 bits per heavy atom. The summed E-state index contributed by atoms with van der Waals surface area (Å²) in [6, 6.07) is 4.78. The van der Waals surface area contributed by atoms with Crippen LogP contribution >= 0.6 is 11.6 Å². The number of aliphatic hydroxyl groups is 1. The van der Waals surface area contributed by atoms with Crippen LogP contribution in [0.4, 0.5) is 4.39 Å². The number of aryl methyl sites for hydroxylation is 3. The molecule has 0 saturated carbocycles. The summed E-state index contributed by atoms with van der Waals surface area (Å²) in [6.07, 6.45) is 1.01. The highest BCUT2D eigenvalue weighted by Gasteiger charge is 2.28. The lowest BCUT2D eigenvalue weighted by atomic mass is 9.90. The fraction of sp³-hybridized carbons (Fsp3) is 0.438. The van der Waals surface area contributed by atoms with Gasteiger partial charge in [-0.1, -0.05) is 30.7 Å². The van der Waals surface area contributed by atoms with Gasteiger partial charge in [0.05, 0.1) is 22.0 Å². The second-order valence-corrected chi connectivity index (χ2v) is 5.98. The molecule has 5 heteroatoms.